The molecule has 0 spiro atoms. The summed E-state index contributed by atoms with van der Waals surface area (Å²) in [6.07, 6.45) is 1.66. The van der Waals surface area contributed by atoms with Crippen molar-refractivity contribution in [2.45, 2.75) is 37.3 Å². The van der Waals surface area contributed by atoms with Gasteiger partial charge >= 0.3 is 5.97 Å². The van der Waals surface area contributed by atoms with E-state index in [1.807, 2.05) is 0 Å². The van der Waals surface area contributed by atoms with Crippen molar-refractivity contribution >= 4 is 5.97 Å². The highest BCUT2D eigenvalue weighted by Gasteiger charge is 2.42. The Morgan fingerprint density at radius 1 is 1.55 bits per heavy atom. The summed E-state index contributed by atoms with van der Waals surface area (Å²) in [5.74, 6) is -1.09. The van der Waals surface area contributed by atoms with Crippen LogP contribution in [0.1, 0.15) is 25.7 Å². The van der Waals surface area contributed by atoms with Gasteiger partial charge in [0.2, 0.25) is 0 Å². The second-order valence-corrected chi connectivity index (χ2v) is 3.11. The van der Waals surface area contributed by atoms with Gasteiger partial charge in [0, 0.05) is 0 Å². The van der Waals surface area contributed by atoms with Gasteiger partial charge in [-0.1, -0.05) is 12.8 Å². The lowest BCUT2D eigenvalue weighted by molar-refractivity contribution is -0.150. The average molecular weight is 159 g/mol. The van der Waals surface area contributed by atoms with Crippen LogP contribution < -0.4 is 5.73 Å². The van der Waals surface area contributed by atoms with E-state index in [2.05, 4.69) is 0 Å². The van der Waals surface area contributed by atoms with E-state index in [1.165, 1.54) is 0 Å². The fraction of sp³-hybridized carbons (Fsp3) is 0.857. The summed E-state index contributed by atoms with van der Waals surface area (Å²) in [5, 5.41) is 18.0. The van der Waals surface area contributed by atoms with Gasteiger partial charge < -0.3 is 15.9 Å². The maximum absolute atomic E-state index is 10.6. The lowest BCUT2D eigenvalue weighted by Gasteiger charge is -2.33. The van der Waals surface area contributed by atoms with Gasteiger partial charge in [-0.05, 0) is 12.8 Å². The van der Waals surface area contributed by atoms with Crippen molar-refractivity contribution < 1.29 is 15.0 Å². The summed E-state index contributed by atoms with van der Waals surface area (Å²) in [7, 11) is 0. The molecule has 1 aliphatic rings. The summed E-state index contributed by atoms with van der Waals surface area (Å²) in [4.78, 5) is 10.6. The van der Waals surface area contributed by atoms with Crippen molar-refractivity contribution in [3.05, 3.63) is 0 Å². The Morgan fingerprint density at radius 2 is 2.18 bits per heavy atom. The van der Waals surface area contributed by atoms with Crippen molar-refractivity contribution in [3.63, 3.8) is 0 Å². The minimum absolute atomic E-state index is 0.378. The van der Waals surface area contributed by atoms with Gasteiger partial charge in [0.25, 0.3) is 0 Å². The molecule has 0 aromatic carbocycles. The lowest BCUT2D eigenvalue weighted by atomic mass is 9.80. The summed E-state index contributed by atoms with van der Waals surface area (Å²) in [6, 6.07) is 0. The molecule has 1 rings (SSSR count). The maximum atomic E-state index is 10.6. The third-order valence-electron chi connectivity index (χ3n) is 2.31. The van der Waals surface area contributed by atoms with E-state index < -0.39 is 17.6 Å². The first-order chi connectivity index (χ1) is 5.07. The summed E-state index contributed by atoms with van der Waals surface area (Å²) < 4.78 is 0. The molecule has 0 radical (unpaired) electrons. The molecule has 0 amide bonds. The number of carboxylic acid groups (broad SMARTS) is 1. The number of hydrogen-bond donors (Lipinski definition) is 3. The summed E-state index contributed by atoms with van der Waals surface area (Å²) in [5.41, 5.74) is 4.11. The minimum Gasteiger partial charge on any atom is -0.480 e. The first-order valence-corrected chi connectivity index (χ1v) is 3.78. The fourth-order valence-electron chi connectivity index (χ4n) is 1.43. The van der Waals surface area contributed by atoms with Crippen LogP contribution in [0.3, 0.4) is 0 Å². The number of carboxylic acids is 1. The Hall–Kier alpha value is -0.610. The Labute approximate surface area is 65.0 Å². The van der Waals surface area contributed by atoms with E-state index in [9.17, 15) is 9.90 Å². The second kappa shape index (κ2) is 2.79. The van der Waals surface area contributed by atoms with Crippen LogP contribution in [0.15, 0.2) is 0 Å². The summed E-state index contributed by atoms with van der Waals surface area (Å²) in [6.45, 7) is 0. The van der Waals surface area contributed by atoms with Gasteiger partial charge in [-0.25, -0.2) is 0 Å². The lowest BCUT2D eigenvalue weighted by Crippen LogP contribution is -2.58. The average Bonchev–Trinajstić information content (AvgIpc) is 1.95. The number of hydrogen-bond acceptors (Lipinski definition) is 3. The van der Waals surface area contributed by atoms with Crippen molar-refractivity contribution in [2.24, 2.45) is 5.73 Å². The zero-order chi connectivity index (χ0) is 8.48. The topological polar surface area (TPSA) is 83.6 Å². The predicted octanol–water partition coefficient (Wildman–Crippen LogP) is -0.297. The molecule has 11 heavy (non-hydrogen) atoms. The fourth-order valence-corrected chi connectivity index (χ4v) is 1.43. The van der Waals surface area contributed by atoms with E-state index in [-0.39, 0.29) is 0 Å². The molecule has 4 N–H and O–H groups in total. The molecular formula is C7H13NO3. The molecule has 0 bridgehead atoms. The number of aliphatic hydroxyl groups is 1. The number of aliphatic hydroxyl groups excluding tert-OH is 1. The zero-order valence-electron chi connectivity index (χ0n) is 6.29. The molecule has 4 heteroatoms. The SMILES string of the molecule is N[C@@]1(C(=O)O)CCCC[C@@H]1O. The van der Waals surface area contributed by atoms with Crippen LogP contribution in [0.5, 0.6) is 0 Å². The second-order valence-electron chi connectivity index (χ2n) is 3.11. The monoisotopic (exact) mass is 159 g/mol. The van der Waals surface area contributed by atoms with Crippen LogP contribution in [-0.4, -0.2) is 27.8 Å². The molecule has 64 valence electrons. The van der Waals surface area contributed by atoms with Crippen LogP contribution in [0.4, 0.5) is 0 Å². The molecule has 0 aliphatic heterocycles. The number of carbonyl (C=O) groups is 1. The Morgan fingerprint density at radius 3 is 2.55 bits per heavy atom. The zero-order valence-corrected chi connectivity index (χ0v) is 6.29. The molecule has 2 atom stereocenters. The molecule has 1 aliphatic carbocycles. The first-order valence-electron chi connectivity index (χ1n) is 3.78. The van der Waals surface area contributed by atoms with E-state index in [1.54, 1.807) is 0 Å². The van der Waals surface area contributed by atoms with Gasteiger partial charge in [-0.3, -0.25) is 4.79 Å². The van der Waals surface area contributed by atoms with Crippen LogP contribution >= 0.6 is 0 Å². The smallest absolute Gasteiger partial charge is 0.326 e. The molecule has 0 unspecified atom stereocenters. The molecule has 0 saturated heterocycles. The number of rotatable bonds is 1. The number of nitrogens with two attached hydrogens (primary N) is 1. The van der Waals surface area contributed by atoms with Gasteiger partial charge in [0.15, 0.2) is 0 Å². The quantitative estimate of drug-likeness (QED) is 0.490. The van der Waals surface area contributed by atoms with Crippen LogP contribution in [0.2, 0.25) is 0 Å². The van der Waals surface area contributed by atoms with Crippen LogP contribution in [0, 0.1) is 0 Å². The Balaban J connectivity index is 2.72. The maximum Gasteiger partial charge on any atom is 0.326 e. The molecule has 0 aromatic heterocycles. The predicted molar refractivity (Wildman–Crippen MR) is 39.0 cm³/mol. The van der Waals surface area contributed by atoms with Crippen molar-refractivity contribution in [1.29, 1.82) is 0 Å². The highest BCUT2D eigenvalue weighted by atomic mass is 16.4. The Bertz CT molecular complexity index is 171. The van der Waals surface area contributed by atoms with Gasteiger partial charge in [0.05, 0.1) is 6.10 Å². The van der Waals surface area contributed by atoms with Crippen molar-refractivity contribution in [1.82, 2.24) is 0 Å². The largest absolute Gasteiger partial charge is 0.480 e. The third-order valence-corrected chi connectivity index (χ3v) is 2.31. The van der Waals surface area contributed by atoms with E-state index in [4.69, 9.17) is 10.8 Å². The summed E-state index contributed by atoms with van der Waals surface area (Å²) >= 11 is 0. The number of aliphatic carboxylic acids is 1. The standard InChI is InChI=1S/C7H13NO3/c8-7(6(10)11)4-2-1-3-5(7)9/h5,9H,1-4,8H2,(H,10,11)/t5-,7-/m0/s1. The highest BCUT2D eigenvalue weighted by molar-refractivity contribution is 5.79. The van der Waals surface area contributed by atoms with Crippen LogP contribution in [-0.2, 0) is 4.79 Å². The molecule has 1 fully saturated rings. The van der Waals surface area contributed by atoms with Gasteiger partial charge in [-0.15, -0.1) is 0 Å². The molecule has 0 heterocycles. The minimum atomic E-state index is -1.39. The molecule has 1 saturated carbocycles. The van der Waals surface area contributed by atoms with Crippen molar-refractivity contribution in [3.8, 4) is 0 Å². The van der Waals surface area contributed by atoms with Gasteiger partial charge in [0.1, 0.15) is 5.54 Å². The first kappa shape index (κ1) is 8.49. The van der Waals surface area contributed by atoms with E-state index in [0.717, 1.165) is 12.8 Å². The normalized spacial score (nSPS) is 38.5. The molecular weight excluding hydrogens is 146 g/mol. The van der Waals surface area contributed by atoms with Crippen LogP contribution in [0.25, 0.3) is 0 Å². The van der Waals surface area contributed by atoms with Crippen molar-refractivity contribution in [2.75, 3.05) is 0 Å². The molecule has 4 nitrogen and oxygen atoms in total. The highest BCUT2D eigenvalue weighted by Crippen LogP contribution is 2.26. The molecule has 0 aromatic rings. The van der Waals surface area contributed by atoms with Gasteiger partial charge in [-0.2, -0.15) is 0 Å². The van der Waals surface area contributed by atoms with E-state index in [0.29, 0.717) is 12.8 Å². The third kappa shape index (κ3) is 1.36. The van der Waals surface area contributed by atoms with E-state index >= 15 is 0 Å². The Kier molecular flexibility index (Phi) is 2.15.